The maximum atomic E-state index is 12.3. The molecule has 2 aromatic heterocycles. The van der Waals surface area contributed by atoms with Gasteiger partial charge < -0.3 is 10.2 Å². The van der Waals surface area contributed by atoms with Gasteiger partial charge in [-0.25, -0.2) is 4.98 Å². The second kappa shape index (κ2) is 7.63. The molecule has 0 radical (unpaired) electrons. The van der Waals surface area contributed by atoms with Gasteiger partial charge in [0.2, 0.25) is 5.91 Å². The van der Waals surface area contributed by atoms with Gasteiger partial charge in [-0.05, 0) is 38.7 Å². The molecule has 1 aliphatic heterocycles. The molecule has 2 aromatic rings. The number of hydrogen-bond acceptors (Lipinski definition) is 5. The molecule has 1 fully saturated rings. The van der Waals surface area contributed by atoms with Gasteiger partial charge in [0.05, 0.1) is 11.9 Å². The lowest BCUT2D eigenvalue weighted by molar-refractivity contribution is -0.121. The number of amides is 1. The Bertz CT molecular complexity index is 719. The van der Waals surface area contributed by atoms with Crippen LogP contribution in [0.2, 0.25) is 0 Å². The van der Waals surface area contributed by atoms with Crippen molar-refractivity contribution in [1.82, 2.24) is 25.1 Å². The summed E-state index contributed by atoms with van der Waals surface area (Å²) in [5.74, 6) is 1.04. The normalized spacial score (nSPS) is 15.4. The molecule has 1 N–H and O–H groups in total. The van der Waals surface area contributed by atoms with Crippen molar-refractivity contribution in [3.8, 4) is 0 Å². The molecule has 1 saturated heterocycles. The Balaban J connectivity index is 1.45. The number of hydrogen-bond donors (Lipinski definition) is 1. The van der Waals surface area contributed by atoms with E-state index in [1.165, 1.54) is 5.56 Å². The Morgan fingerprint density at radius 3 is 2.64 bits per heavy atom. The van der Waals surface area contributed by atoms with Gasteiger partial charge in [-0.1, -0.05) is 0 Å². The summed E-state index contributed by atoms with van der Waals surface area (Å²) >= 11 is 0. The molecule has 1 aliphatic rings. The Labute approximate surface area is 148 Å². The van der Waals surface area contributed by atoms with Crippen molar-refractivity contribution in [1.29, 1.82) is 0 Å². The Morgan fingerprint density at radius 1 is 1.28 bits per heavy atom. The van der Waals surface area contributed by atoms with E-state index in [1.807, 2.05) is 18.7 Å². The molecule has 0 bridgehead atoms. The van der Waals surface area contributed by atoms with E-state index in [2.05, 4.69) is 32.2 Å². The zero-order chi connectivity index (χ0) is 17.8. The number of aromatic nitrogens is 4. The van der Waals surface area contributed by atoms with Crippen molar-refractivity contribution in [3.05, 3.63) is 35.5 Å². The number of rotatable bonds is 5. The number of nitrogens with zero attached hydrogens (tertiary/aromatic N) is 5. The minimum Gasteiger partial charge on any atom is -0.355 e. The van der Waals surface area contributed by atoms with Crippen LogP contribution in [0.1, 0.15) is 36.2 Å². The van der Waals surface area contributed by atoms with Crippen LogP contribution >= 0.6 is 0 Å². The van der Waals surface area contributed by atoms with Gasteiger partial charge in [0.1, 0.15) is 5.82 Å². The molecule has 0 aliphatic carbocycles. The third kappa shape index (κ3) is 4.15. The molecule has 3 heterocycles. The van der Waals surface area contributed by atoms with Crippen LogP contribution in [0.3, 0.4) is 0 Å². The SMILES string of the molecule is Cc1nn(C)c(C)c1CCC(=O)NC1CCN(c2cnccn2)CC1. The maximum Gasteiger partial charge on any atom is 0.220 e. The van der Waals surface area contributed by atoms with E-state index in [0.717, 1.165) is 49.6 Å². The zero-order valence-electron chi connectivity index (χ0n) is 15.2. The predicted octanol–water partition coefficient (Wildman–Crippen LogP) is 1.54. The molecule has 0 saturated carbocycles. The van der Waals surface area contributed by atoms with E-state index >= 15 is 0 Å². The summed E-state index contributed by atoms with van der Waals surface area (Å²) in [5, 5.41) is 7.59. The molecule has 7 heteroatoms. The van der Waals surface area contributed by atoms with Crippen LogP contribution in [-0.4, -0.2) is 44.8 Å². The predicted molar refractivity (Wildman–Crippen MR) is 96.4 cm³/mol. The van der Waals surface area contributed by atoms with E-state index in [0.29, 0.717) is 6.42 Å². The molecule has 25 heavy (non-hydrogen) atoms. The van der Waals surface area contributed by atoms with Gasteiger partial charge in [0.15, 0.2) is 0 Å². The quantitative estimate of drug-likeness (QED) is 0.892. The van der Waals surface area contributed by atoms with Gasteiger partial charge in [-0.3, -0.25) is 14.5 Å². The van der Waals surface area contributed by atoms with Crippen molar-refractivity contribution >= 4 is 11.7 Å². The fraction of sp³-hybridized carbons (Fsp3) is 0.556. The largest absolute Gasteiger partial charge is 0.355 e. The summed E-state index contributed by atoms with van der Waals surface area (Å²) in [7, 11) is 1.94. The molecule has 1 amide bonds. The average molecular weight is 342 g/mol. The molecule has 134 valence electrons. The van der Waals surface area contributed by atoms with E-state index in [9.17, 15) is 4.79 Å². The second-order valence-corrected chi connectivity index (χ2v) is 6.67. The molecular formula is C18H26N6O. The van der Waals surface area contributed by atoms with E-state index < -0.39 is 0 Å². The summed E-state index contributed by atoms with van der Waals surface area (Å²) in [6.07, 6.45) is 8.32. The topological polar surface area (TPSA) is 75.9 Å². The Hall–Kier alpha value is -2.44. The van der Waals surface area contributed by atoms with Gasteiger partial charge in [0, 0.05) is 50.7 Å². The highest BCUT2D eigenvalue weighted by atomic mass is 16.1. The van der Waals surface area contributed by atoms with Crippen LogP contribution in [0.4, 0.5) is 5.82 Å². The van der Waals surface area contributed by atoms with Crippen molar-refractivity contribution in [2.75, 3.05) is 18.0 Å². The lowest BCUT2D eigenvalue weighted by atomic mass is 10.0. The minimum atomic E-state index is 0.126. The number of nitrogens with one attached hydrogen (secondary N) is 1. The number of carbonyl (C=O) groups excluding carboxylic acids is 1. The minimum absolute atomic E-state index is 0.126. The zero-order valence-corrected chi connectivity index (χ0v) is 15.2. The molecule has 0 aromatic carbocycles. The van der Waals surface area contributed by atoms with Gasteiger partial charge in [0.25, 0.3) is 0 Å². The van der Waals surface area contributed by atoms with Crippen molar-refractivity contribution in [2.45, 2.75) is 45.6 Å². The fourth-order valence-electron chi connectivity index (χ4n) is 3.43. The number of aryl methyl sites for hydroxylation is 2. The van der Waals surface area contributed by atoms with Crippen LogP contribution in [-0.2, 0) is 18.3 Å². The number of piperidine rings is 1. The summed E-state index contributed by atoms with van der Waals surface area (Å²) in [6, 6.07) is 0.247. The lowest BCUT2D eigenvalue weighted by Crippen LogP contribution is -2.45. The highest BCUT2D eigenvalue weighted by Gasteiger charge is 2.21. The third-order valence-corrected chi connectivity index (χ3v) is 4.99. The van der Waals surface area contributed by atoms with Gasteiger partial charge >= 0.3 is 0 Å². The van der Waals surface area contributed by atoms with Crippen LogP contribution < -0.4 is 10.2 Å². The highest BCUT2D eigenvalue weighted by Crippen LogP contribution is 2.17. The Morgan fingerprint density at radius 2 is 2.04 bits per heavy atom. The van der Waals surface area contributed by atoms with Crippen LogP contribution in [0.15, 0.2) is 18.6 Å². The standard InChI is InChI=1S/C18H26N6O/c1-13-16(14(2)23(3)22-13)4-5-18(25)21-15-6-10-24(11-7-15)17-12-19-8-9-20-17/h8-9,12,15H,4-7,10-11H2,1-3H3,(H,21,25). The lowest BCUT2D eigenvalue weighted by Gasteiger charge is -2.32. The fourth-order valence-corrected chi connectivity index (χ4v) is 3.43. The van der Waals surface area contributed by atoms with Crippen molar-refractivity contribution in [3.63, 3.8) is 0 Å². The summed E-state index contributed by atoms with van der Waals surface area (Å²) in [4.78, 5) is 23.0. The molecular weight excluding hydrogens is 316 g/mol. The highest BCUT2D eigenvalue weighted by molar-refractivity contribution is 5.76. The smallest absolute Gasteiger partial charge is 0.220 e. The van der Waals surface area contributed by atoms with Crippen molar-refractivity contribution in [2.24, 2.45) is 7.05 Å². The van der Waals surface area contributed by atoms with Gasteiger partial charge in [-0.15, -0.1) is 0 Å². The summed E-state index contributed by atoms with van der Waals surface area (Å²) in [6.45, 7) is 5.84. The first kappa shape index (κ1) is 17.4. The summed E-state index contributed by atoms with van der Waals surface area (Å²) < 4.78 is 1.88. The second-order valence-electron chi connectivity index (χ2n) is 6.67. The number of carbonyl (C=O) groups is 1. The van der Waals surface area contributed by atoms with E-state index in [1.54, 1.807) is 18.6 Å². The first-order chi connectivity index (χ1) is 12.0. The van der Waals surface area contributed by atoms with Crippen molar-refractivity contribution < 1.29 is 4.79 Å². The Kier molecular flexibility index (Phi) is 5.31. The molecule has 0 spiro atoms. The van der Waals surface area contributed by atoms with E-state index in [4.69, 9.17) is 0 Å². The number of anilines is 1. The van der Waals surface area contributed by atoms with Crippen LogP contribution in [0, 0.1) is 13.8 Å². The first-order valence-electron chi connectivity index (χ1n) is 8.84. The molecule has 0 atom stereocenters. The third-order valence-electron chi connectivity index (χ3n) is 4.99. The average Bonchev–Trinajstić information content (AvgIpc) is 2.86. The molecule has 3 rings (SSSR count). The van der Waals surface area contributed by atoms with Crippen LogP contribution in [0.25, 0.3) is 0 Å². The monoisotopic (exact) mass is 342 g/mol. The van der Waals surface area contributed by atoms with Gasteiger partial charge in [-0.2, -0.15) is 5.10 Å². The van der Waals surface area contributed by atoms with E-state index in [-0.39, 0.29) is 11.9 Å². The molecule has 7 nitrogen and oxygen atoms in total. The summed E-state index contributed by atoms with van der Waals surface area (Å²) in [5.41, 5.74) is 3.35. The molecule has 0 unspecified atom stereocenters. The maximum absolute atomic E-state index is 12.3. The first-order valence-corrected chi connectivity index (χ1v) is 8.84. The van der Waals surface area contributed by atoms with Crippen LogP contribution in [0.5, 0.6) is 0 Å².